The van der Waals surface area contributed by atoms with Crippen molar-refractivity contribution in [3.63, 3.8) is 0 Å². The predicted octanol–water partition coefficient (Wildman–Crippen LogP) is 2.89. The zero-order chi connectivity index (χ0) is 23.2. The molecule has 1 aliphatic heterocycles. The Balaban J connectivity index is 3.26. The maximum Gasteiger partial charge on any atom is 0.162 e. The molecule has 0 amide bonds. The zero-order valence-electron chi connectivity index (χ0n) is 20.1. The molecule has 0 N–H and O–H groups in total. The van der Waals surface area contributed by atoms with Gasteiger partial charge in [0.15, 0.2) is 6.29 Å². The summed E-state index contributed by atoms with van der Waals surface area (Å²) >= 11 is 0. The van der Waals surface area contributed by atoms with Gasteiger partial charge in [-0.25, -0.2) is 0 Å². The molecule has 1 fully saturated rings. The van der Waals surface area contributed by atoms with Gasteiger partial charge in [-0.3, -0.25) is 9.59 Å². The lowest BCUT2D eigenvalue weighted by molar-refractivity contribution is -0.280. The maximum absolute atomic E-state index is 12.8. The summed E-state index contributed by atoms with van der Waals surface area (Å²) in [6.07, 6.45) is 0.814. The van der Waals surface area contributed by atoms with Crippen LogP contribution in [-0.2, 0) is 28.6 Å². The SMILES string of the molecule is CO[C@](C)(C[C@@H](C)C=O)[C@H](OC1OC(C)CC(N(C)C)C1C)[C@@H](C)C(=O)CC(C)=O. The Hall–Kier alpha value is -1.15. The minimum atomic E-state index is -0.899. The molecule has 0 radical (unpaired) electrons. The van der Waals surface area contributed by atoms with Crippen LogP contribution in [0.5, 0.6) is 0 Å². The van der Waals surface area contributed by atoms with Crippen molar-refractivity contribution in [2.75, 3.05) is 21.2 Å². The molecule has 0 spiro atoms. The van der Waals surface area contributed by atoms with Crippen LogP contribution in [0.1, 0.15) is 60.8 Å². The van der Waals surface area contributed by atoms with E-state index in [1.807, 2.05) is 34.9 Å². The van der Waals surface area contributed by atoms with Crippen LogP contribution in [0.3, 0.4) is 0 Å². The quantitative estimate of drug-likeness (QED) is 0.350. The van der Waals surface area contributed by atoms with Crippen LogP contribution >= 0.6 is 0 Å². The summed E-state index contributed by atoms with van der Waals surface area (Å²) in [6.45, 7) is 10.9. The molecule has 0 aromatic carbocycles. The third-order valence-corrected chi connectivity index (χ3v) is 6.33. The van der Waals surface area contributed by atoms with E-state index in [1.165, 1.54) is 6.92 Å². The van der Waals surface area contributed by atoms with Gasteiger partial charge in [0, 0.05) is 30.9 Å². The summed E-state index contributed by atoms with van der Waals surface area (Å²) in [4.78, 5) is 37.9. The van der Waals surface area contributed by atoms with Crippen LogP contribution in [0.25, 0.3) is 0 Å². The normalized spacial score (nSPS) is 29.7. The molecule has 174 valence electrons. The lowest BCUT2D eigenvalue weighted by Crippen LogP contribution is -2.56. The fourth-order valence-corrected chi connectivity index (χ4v) is 4.50. The van der Waals surface area contributed by atoms with Gasteiger partial charge < -0.3 is 23.9 Å². The van der Waals surface area contributed by atoms with Crippen molar-refractivity contribution in [2.45, 2.75) is 90.9 Å². The first kappa shape index (κ1) is 26.9. The highest BCUT2D eigenvalue weighted by Crippen LogP contribution is 2.36. The molecule has 7 nitrogen and oxygen atoms in total. The highest BCUT2D eigenvalue weighted by atomic mass is 16.7. The van der Waals surface area contributed by atoms with E-state index in [2.05, 4.69) is 11.8 Å². The lowest BCUT2D eigenvalue weighted by Gasteiger charge is -2.47. The number of rotatable bonds is 12. The molecule has 0 aliphatic carbocycles. The van der Waals surface area contributed by atoms with E-state index in [-0.39, 0.29) is 42.0 Å². The average Bonchev–Trinajstić information content (AvgIpc) is 2.66. The molecule has 1 aliphatic rings. The van der Waals surface area contributed by atoms with Gasteiger partial charge in [0.25, 0.3) is 0 Å². The molecule has 7 heteroatoms. The Bertz CT molecular complexity index is 594. The van der Waals surface area contributed by atoms with Gasteiger partial charge in [-0.1, -0.05) is 20.8 Å². The average molecular weight is 428 g/mol. The van der Waals surface area contributed by atoms with E-state index < -0.39 is 23.9 Å². The highest BCUT2D eigenvalue weighted by molar-refractivity contribution is 5.99. The van der Waals surface area contributed by atoms with Gasteiger partial charge in [-0.15, -0.1) is 0 Å². The molecular formula is C23H41NO6. The summed E-state index contributed by atoms with van der Waals surface area (Å²) in [5.41, 5.74) is -0.899. The van der Waals surface area contributed by atoms with Crippen LogP contribution in [0.4, 0.5) is 0 Å². The Morgan fingerprint density at radius 3 is 2.33 bits per heavy atom. The number of ketones is 2. The Morgan fingerprint density at radius 1 is 1.27 bits per heavy atom. The van der Waals surface area contributed by atoms with Gasteiger partial charge in [0.1, 0.15) is 17.9 Å². The number of nitrogens with zero attached hydrogens (tertiary/aromatic N) is 1. The fraction of sp³-hybridized carbons (Fsp3) is 0.870. The standard InChI is InChI=1S/C23H41NO6/c1-14(13-25)12-23(6,28-9)21(18(5)20(27)10-15(2)26)30-22-17(4)19(24(7)8)11-16(3)29-22/h13-14,16-19,21-22H,10-12H2,1-9H3/t14-,16?,17?,18+,19?,21-,22?,23-/m1/s1. The second kappa shape index (κ2) is 11.5. The van der Waals surface area contributed by atoms with Crippen molar-refractivity contribution in [1.29, 1.82) is 0 Å². The Kier molecular flexibility index (Phi) is 10.3. The number of methoxy groups -OCH3 is 1. The molecule has 0 bridgehead atoms. The number of Topliss-reactive ketones (excluding diaryl/α,β-unsaturated/α-hetero) is 2. The second-order valence-corrected chi connectivity index (χ2v) is 9.47. The van der Waals surface area contributed by atoms with Crippen LogP contribution < -0.4 is 0 Å². The van der Waals surface area contributed by atoms with Crippen molar-refractivity contribution in [3.8, 4) is 0 Å². The maximum atomic E-state index is 12.8. The van der Waals surface area contributed by atoms with E-state index in [9.17, 15) is 14.4 Å². The molecule has 1 heterocycles. The summed E-state index contributed by atoms with van der Waals surface area (Å²) < 4.78 is 18.5. The van der Waals surface area contributed by atoms with Crippen molar-refractivity contribution < 1.29 is 28.6 Å². The zero-order valence-corrected chi connectivity index (χ0v) is 20.1. The molecule has 1 saturated heterocycles. The first-order valence-electron chi connectivity index (χ1n) is 10.9. The first-order chi connectivity index (χ1) is 13.9. The van der Waals surface area contributed by atoms with E-state index in [4.69, 9.17) is 14.2 Å². The van der Waals surface area contributed by atoms with Crippen LogP contribution in [0, 0.1) is 17.8 Å². The van der Waals surface area contributed by atoms with Gasteiger partial charge in [-0.05, 0) is 47.7 Å². The minimum Gasteiger partial charge on any atom is -0.376 e. The minimum absolute atomic E-state index is 0.00479. The number of hydrogen-bond donors (Lipinski definition) is 0. The molecule has 4 unspecified atom stereocenters. The summed E-state index contributed by atoms with van der Waals surface area (Å²) in [6, 6.07) is 0.269. The predicted molar refractivity (Wildman–Crippen MR) is 115 cm³/mol. The van der Waals surface area contributed by atoms with Crippen LogP contribution in [-0.4, -0.2) is 74.1 Å². The Morgan fingerprint density at radius 2 is 1.87 bits per heavy atom. The van der Waals surface area contributed by atoms with E-state index in [0.29, 0.717) is 6.42 Å². The molecule has 30 heavy (non-hydrogen) atoms. The van der Waals surface area contributed by atoms with E-state index >= 15 is 0 Å². The molecule has 0 aromatic heterocycles. The highest BCUT2D eigenvalue weighted by Gasteiger charge is 2.46. The monoisotopic (exact) mass is 427 g/mol. The van der Waals surface area contributed by atoms with Crippen molar-refractivity contribution in [2.24, 2.45) is 17.8 Å². The second-order valence-electron chi connectivity index (χ2n) is 9.47. The first-order valence-corrected chi connectivity index (χ1v) is 10.9. The molecule has 0 saturated carbocycles. The number of hydrogen-bond acceptors (Lipinski definition) is 7. The molecule has 8 atom stereocenters. The van der Waals surface area contributed by atoms with Crippen molar-refractivity contribution in [3.05, 3.63) is 0 Å². The van der Waals surface area contributed by atoms with E-state index in [1.54, 1.807) is 14.0 Å². The van der Waals surface area contributed by atoms with Crippen LogP contribution in [0.2, 0.25) is 0 Å². The topological polar surface area (TPSA) is 82.1 Å². The molecule has 1 rings (SSSR count). The number of carbonyl (C=O) groups is 3. The fourth-order valence-electron chi connectivity index (χ4n) is 4.50. The van der Waals surface area contributed by atoms with Crippen LogP contribution in [0.15, 0.2) is 0 Å². The summed E-state index contributed by atoms with van der Waals surface area (Å²) in [5, 5.41) is 0. The van der Waals surface area contributed by atoms with Gasteiger partial charge in [0.05, 0.1) is 24.2 Å². The molecular weight excluding hydrogens is 386 g/mol. The summed E-state index contributed by atoms with van der Waals surface area (Å²) in [5.74, 6) is -1.18. The summed E-state index contributed by atoms with van der Waals surface area (Å²) in [7, 11) is 5.64. The van der Waals surface area contributed by atoms with E-state index in [0.717, 1.165) is 12.7 Å². The van der Waals surface area contributed by atoms with Gasteiger partial charge in [-0.2, -0.15) is 0 Å². The van der Waals surface area contributed by atoms with Gasteiger partial charge >= 0.3 is 0 Å². The number of ether oxygens (including phenoxy) is 3. The van der Waals surface area contributed by atoms with Crippen molar-refractivity contribution >= 4 is 17.9 Å². The lowest BCUT2D eigenvalue weighted by atomic mass is 9.80. The van der Waals surface area contributed by atoms with Gasteiger partial charge in [0.2, 0.25) is 0 Å². The molecule has 0 aromatic rings. The Labute approximate surface area is 181 Å². The smallest absolute Gasteiger partial charge is 0.162 e. The number of carbonyl (C=O) groups excluding carboxylic acids is 3. The largest absolute Gasteiger partial charge is 0.376 e. The van der Waals surface area contributed by atoms with Crippen molar-refractivity contribution in [1.82, 2.24) is 4.90 Å². The third kappa shape index (κ3) is 6.94. The third-order valence-electron chi connectivity index (χ3n) is 6.33. The number of aldehydes is 1.